The van der Waals surface area contributed by atoms with Crippen molar-refractivity contribution in [1.82, 2.24) is 0 Å². The van der Waals surface area contributed by atoms with Gasteiger partial charge in [-0.2, -0.15) is 0 Å². The van der Waals surface area contributed by atoms with Gasteiger partial charge in [0.15, 0.2) is 13.2 Å². The molecule has 3 rings (SSSR count). The van der Waals surface area contributed by atoms with Gasteiger partial charge in [-0.05, 0) is 49.9 Å². The molecule has 0 saturated carbocycles. The molecule has 0 amide bonds. The molecule has 0 bridgehead atoms. The van der Waals surface area contributed by atoms with Crippen molar-refractivity contribution < 1.29 is 28.5 Å². The highest BCUT2D eigenvalue weighted by Crippen LogP contribution is 2.43. The lowest BCUT2D eigenvalue weighted by Gasteiger charge is -2.18. The fraction of sp³-hybridized carbons (Fsp3) is 0.556. The summed E-state index contributed by atoms with van der Waals surface area (Å²) in [7, 11) is 0. The molecule has 0 heterocycles. The zero-order valence-electron chi connectivity index (χ0n) is 26.2. The minimum absolute atomic E-state index is 0.174. The van der Waals surface area contributed by atoms with E-state index in [9.17, 15) is 9.59 Å². The Morgan fingerprint density at radius 2 is 0.929 bits per heavy atom. The van der Waals surface area contributed by atoms with Gasteiger partial charge in [0.1, 0.15) is 11.5 Å². The number of fused-ring (bicyclic) bond motifs is 2. The highest BCUT2D eigenvalue weighted by molar-refractivity contribution is 6.11. The molecule has 6 nitrogen and oxygen atoms in total. The summed E-state index contributed by atoms with van der Waals surface area (Å²) >= 11 is 0. The van der Waals surface area contributed by atoms with Crippen molar-refractivity contribution in [3.05, 3.63) is 47.5 Å². The topological polar surface area (TPSA) is 71.1 Å². The van der Waals surface area contributed by atoms with E-state index < -0.39 is 0 Å². The first-order valence-electron chi connectivity index (χ1n) is 16.0. The van der Waals surface area contributed by atoms with Crippen molar-refractivity contribution in [1.29, 1.82) is 0 Å². The molecule has 0 unspecified atom stereocenters. The number of carbonyl (C=O) groups excluding carboxylic acids is 2. The van der Waals surface area contributed by atoms with E-state index in [0.717, 1.165) is 58.4 Å². The molecule has 3 aromatic carbocycles. The van der Waals surface area contributed by atoms with Crippen LogP contribution in [0.1, 0.15) is 102 Å². The molecule has 0 spiro atoms. The minimum atomic E-state index is -0.377. The second-order valence-corrected chi connectivity index (χ2v) is 11.2. The second-order valence-electron chi connectivity index (χ2n) is 11.2. The number of carbonyl (C=O) groups is 2. The summed E-state index contributed by atoms with van der Waals surface area (Å²) in [6, 6.07) is 11.9. The van der Waals surface area contributed by atoms with E-state index in [0.29, 0.717) is 24.7 Å². The SMILES string of the molecule is CCCCCCCCOC(=O)COc1c2ccccc2c(OCC(=O)OCCCCCCCC)c2cc(C)c(C)cc12. The van der Waals surface area contributed by atoms with Crippen LogP contribution in [0.15, 0.2) is 36.4 Å². The molecule has 0 fully saturated rings. The molecule has 6 heteroatoms. The van der Waals surface area contributed by atoms with E-state index in [1.807, 2.05) is 38.1 Å². The molecule has 0 aromatic heterocycles. The predicted molar refractivity (Wildman–Crippen MR) is 171 cm³/mol. The fourth-order valence-electron chi connectivity index (χ4n) is 5.15. The van der Waals surface area contributed by atoms with Crippen molar-refractivity contribution in [3.8, 4) is 11.5 Å². The van der Waals surface area contributed by atoms with Crippen molar-refractivity contribution in [2.75, 3.05) is 26.4 Å². The Kier molecular flexibility index (Phi) is 14.5. The average Bonchev–Trinajstić information content (AvgIpc) is 2.98. The van der Waals surface area contributed by atoms with Crippen LogP contribution in [0, 0.1) is 13.8 Å². The number of hydrogen-bond acceptors (Lipinski definition) is 6. The molecule has 0 saturated heterocycles. The number of ether oxygens (including phenoxy) is 4. The van der Waals surface area contributed by atoms with Gasteiger partial charge in [0, 0.05) is 21.5 Å². The summed E-state index contributed by atoms with van der Waals surface area (Å²) < 4.78 is 23.2. The Labute approximate surface area is 252 Å². The summed E-state index contributed by atoms with van der Waals surface area (Å²) in [6.07, 6.45) is 13.6. The third kappa shape index (κ3) is 10.2. The van der Waals surface area contributed by atoms with Gasteiger partial charge in [-0.1, -0.05) is 102 Å². The van der Waals surface area contributed by atoms with E-state index in [1.54, 1.807) is 0 Å². The smallest absolute Gasteiger partial charge is 0.344 e. The van der Waals surface area contributed by atoms with Gasteiger partial charge in [0.25, 0.3) is 0 Å². The lowest BCUT2D eigenvalue weighted by atomic mass is 9.96. The van der Waals surface area contributed by atoms with Crippen molar-refractivity contribution >= 4 is 33.5 Å². The van der Waals surface area contributed by atoms with Crippen LogP contribution in [-0.2, 0) is 19.1 Å². The van der Waals surface area contributed by atoms with E-state index in [1.165, 1.54) is 51.4 Å². The molecule has 0 N–H and O–H groups in total. The average molecular weight is 579 g/mol. The quantitative estimate of drug-likeness (QED) is 0.0756. The Bertz CT molecular complexity index is 1180. The lowest BCUT2D eigenvalue weighted by molar-refractivity contribution is -0.147. The maximum Gasteiger partial charge on any atom is 0.344 e. The zero-order chi connectivity index (χ0) is 30.2. The Morgan fingerprint density at radius 3 is 1.33 bits per heavy atom. The monoisotopic (exact) mass is 578 g/mol. The van der Waals surface area contributed by atoms with Crippen molar-refractivity contribution in [2.24, 2.45) is 0 Å². The number of benzene rings is 3. The molecular weight excluding hydrogens is 528 g/mol. The summed E-state index contributed by atoms with van der Waals surface area (Å²) in [5.74, 6) is 0.465. The summed E-state index contributed by atoms with van der Waals surface area (Å²) in [4.78, 5) is 25.1. The van der Waals surface area contributed by atoms with E-state index in [-0.39, 0.29) is 25.2 Å². The number of hydrogen-bond donors (Lipinski definition) is 0. The highest BCUT2D eigenvalue weighted by atomic mass is 16.6. The first-order valence-corrected chi connectivity index (χ1v) is 16.0. The van der Waals surface area contributed by atoms with Crippen LogP contribution in [0.5, 0.6) is 11.5 Å². The van der Waals surface area contributed by atoms with Crippen LogP contribution >= 0.6 is 0 Å². The molecule has 0 aliphatic heterocycles. The van der Waals surface area contributed by atoms with Crippen molar-refractivity contribution in [2.45, 2.75) is 105 Å². The molecule has 42 heavy (non-hydrogen) atoms. The largest absolute Gasteiger partial charge is 0.481 e. The fourth-order valence-corrected chi connectivity index (χ4v) is 5.15. The van der Waals surface area contributed by atoms with E-state index >= 15 is 0 Å². The van der Waals surface area contributed by atoms with Gasteiger partial charge in [-0.3, -0.25) is 0 Å². The molecule has 230 valence electrons. The number of esters is 2. The number of aryl methyl sites for hydroxylation is 2. The van der Waals surface area contributed by atoms with Crippen LogP contribution in [0.4, 0.5) is 0 Å². The third-order valence-corrected chi connectivity index (χ3v) is 7.73. The number of unbranched alkanes of at least 4 members (excludes halogenated alkanes) is 10. The minimum Gasteiger partial charge on any atom is -0.481 e. The first-order chi connectivity index (χ1) is 20.5. The van der Waals surface area contributed by atoms with Gasteiger partial charge >= 0.3 is 11.9 Å². The molecular formula is C36H50O6. The van der Waals surface area contributed by atoms with Crippen LogP contribution < -0.4 is 9.47 Å². The van der Waals surface area contributed by atoms with E-state index in [4.69, 9.17) is 18.9 Å². The summed E-state index contributed by atoms with van der Waals surface area (Å²) in [5, 5.41) is 3.28. The van der Waals surface area contributed by atoms with Crippen LogP contribution in [0.25, 0.3) is 21.5 Å². The predicted octanol–water partition coefficient (Wildman–Crippen LogP) is 9.17. The number of rotatable bonds is 20. The maximum absolute atomic E-state index is 12.5. The Morgan fingerprint density at radius 1 is 0.548 bits per heavy atom. The Hall–Kier alpha value is -3.28. The Balaban J connectivity index is 1.70. The van der Waals surface area contributed by atoms with Crippen LogP contribution in [-0.4, -0.2) is 38.4 Å². The standard InChI is InChI=1S/C36H50O6/c1-5-7-9-11-13-17-21-39-33(37)25-41-35-29-19-15-16-20-30(29)36(32-24-28(4)27(3)23-31(32)35)42-26-34(38)40-22-18-14-12-10-8-6-2/h15-16,19-20,23-24H,5-14,17-18,21-22,25-26H2,1-4H3. The first kappa shape index (κ1) is 33.2. The lowest BCUT2D eigenvalue weighted by Crippen LogP contribution is -2.17. The normalized spacial score (nSPS) is 11.1. The maximum atomic E-state index is 12.5. The second kappa shape index (κ2) is 18.3. The van der Waals surface area contributed by atoms with Gasteiger partial charge < -0.3 is 18.9 Å². The van der Waals surface area contributed by atoms with Crippen LogP contribution in [0.2, 0.25) is 0 Å². The summed E-state index contributed by atoms with van der Waals surface area (Å²) in [5.41, 5.74) is 2.19. The molecule has 0 radical (unpaired) electrons. The van der Waals surface area contributed by atoms with E-state index in [2.05, 4.69) is 26.0 Å². The third-order valence-electron chi connectivity index (χ3n) is 7.73. The molecule has 0 aliphatic carbocycles. The zero-order valence-corrected chi connectivity index (χ0v) is 26.2. The van der Waals surface area contributed by atoms with Gasteiger partial charge in [-0.15, -0.1) is 0 Å². The van der Waals surface area contributed by atoms with Gasteiger partial charge in [0.05, 0.1) is 13.2 Å². The van der Waals surface area contributed by atoms with Crippen molar-refractivity contribution in [3.63, 3.8) is 0 Å². The summed E-state index contributed by atoms with van der Waals surface area (Å²) in [6.45, 7) is 8.97. The van der Waals surface area contributed by atoms with Gasteiger partial charge in [-0.25, -0.2) is 9.59 Å². The molecule has 3 aromatic rings. The highest BCUT2D eigenvalue weighted by Gasteiger charge is 2.19. The molecule has 0 atom stereocenters. The van der Waals surface area contributed by atoms with Crippen LogP contribution in [0.3, 0.4) is 0 Å². The van der Waals surface area contributed by atoms with Gasteiger partial charge in [0.2, 0.25) is 0 Å². The molecule has 0 aliphatic rings.